The van der Waals surface area contributed by atoms with Gasteiger partial charge in [-0.1, -0.05) is 60.7 Å². The first kappa shape index (κ1) is 18.2. The van der Waals surface area contributed by atoms with Crippen LogP contribution in [0, 0.1) is 5.92 Å². The number of rotatable bonds is 5. The number of hydrogen-bond donors (Lipinski definition) is 2. The van der Waals surface area contributed by atoms with Crippen LogP contribution < -0.4 is 5.32 Å². The Morgan fingerprint density at radius 3 is 2.11 bits per heavy atom. The molecule has 1 saturated carbocycles. The molecule has 1 aliphatic rings. The molecule has 0 spiro atoms. The highest BCUT2D eigenvalue weighted by Gasteiger charge is 2.26. The molecule has 0 amide bonds. The lowest BCUT2D eigenvalue weighted by molar-refractivity contribution is -0.142. The molecule has 1 aromatic heterocycles. The first-order valence-electron chi connectivity index (χ1n) is 9.68. The van der Waals surface area contributed by atoms with Crippen LogP contribution in [0.15, 0.2) is 66.9 Å². The number of benzene rings is 2. The number of hydrogen-bond acceptors (Lipinski definition) is 4. The summed E-state index contributed by atoms with van der Waals surface area (Å²) in [5.41, 5.74) is 4.01. The standard InChI is InChI=1S/C23H23N3O2/c27-22(28)18-11-13-19(14-12-18)25-23-24-15-20(16-7-3-1-4-8-16)21(26-23)17-9-5-2-6-10-17/h1-10,15,18-19H,11-14H2,(H,27,28)(H,24,25,26)/t18-,19-. The SMILES string of the molecule is O=C(O)[C@H]1CC[C@H](Nc2ncc(-c3ccccc3)c(-c3ccccc3)n2)CC1. The molecular weight excluding hydrogens is 350 g/mol. The van der Waals surface area contributed by atoms with E-state index in [-0.39, 0.29) is 12.0 Å². The van der Waals surface area contributed by atoms with Crippen LogP contribution >= 0.6 is 0 Å². The molecule has 5 heteroatoms. The Bertz CT molecular complexity index is 937. The topological polar surface area (TPSA) is 75.1 Å². The van der Waals surface area contributed by atoms with Gasteiger partial charge in [-0.2, -0.15) is 0 Å². The van der Waals surface area contributed by atoms with E-state index in [9.17, 15) is 9.90 Å². The number of carbonyl (C=O) groups is 1. The van der Waals surface area contributed by atoms with Crippen LogP contribution in [0.25, 0.3) is 22.4 Å². The zero-order valence-electron chi connectivity index (χ0n) is 15.6. The largest absolute Gasteiger partial charge is 0.481 e. The first-order chi connectivity index (χ1) is 13.7. The molecule has 1 fully saturated rings. The predicted molar refractivity (Wildman–Crippen MR) is 110 cm³/mol. The lowest BCUT2D eigenvalue weighted by atomic mass is 9.86. The van der Waals surface area contributed by atoms with E-state index in [1.807, 2.05) is 42.6 Å². The number of nitrogens with one attached hydrogen (secondary N) is 1. The maximum absolute atomic E-state index is 11.1. The molecule has 28 heavy (non-hydrogen) atoms. The minimum atomic E-state index is -0.687. The summed E-state index contributed by atoms with van der Waals surface area (Å²) in [4.78, 5) is 20.5. The van der Waals surface area contributed by atoms with Crippen LogP contribution in [0.5, 0.6) is 0 Å². The molecule has 3 aromatic rings. The van der Waals surface area contributed by atoms with Crippen molar-refractivity contribution in [3.8, 4) is 22.4 Å². The second-order valence-corrected chi connectivity index (χ2v) is 7.22. The van der Waals surface area contributed by atoms with Crippen LogP contribution in [-0.2, 0) is 4.79 Å². The fraction of sp³-hybridized carbons (Fsp3) is 0.261. The summed E-state index contributed by atoms with van der Waals surface area (Å²) in [5, 5.41) is 12.6. The molecule has 2 aromatic carbocycles. The summed E-state index contributed by atoms with van der Waals surface area (Å²) < 4.78 is 0. The number of nitrogens with zero attached hydrogens (tertiary/aromatic N) is 2. The van der Waals surface area contributed by atoms with E-state index in [2.05, 4.69) is 34.6 Å². The van der Waals surface area contributed by atoms with E-state index in [0.29, 0.717) is 18.8 Å². The average molecular weight is 373 g/mol. The van der Waals surface area contributed by atoms with Gasteiger partial charge in [0.1, 0.15) is 0 Å². The third-order valence-electron chi connectivity index (χ3n) is 5.33. The highest BCUT2D eigenvalue weighted by Crippen LogP contribution is 2.31. The summed E-state index contributed by atoms with van der Waals surface area (Å²) in [6.45, 7) is 0. The predicted octanol–water partition coefficient (Wildman–Crippen LogP) is 4.87. The molecule has 0 aliphatic heterocycles. The Balaban J connectivity index is 1.61. The van der Waals surface area contributed by atoms with E-state index in [0.717, 1.165) is 35.2 Å². The van der Waals surface area contributed by atoms with Gasteiger partial charge in [-0.3, -0.25) is 4.79 Å². The molecule has 0 radical (unpaired) electrons. The smallest absolute Gasteiger partial charge is 0.306 e. The lowest BCUT2D eigenvalue weighted by Gasteiger charge is -2.27. The number of carboxylic acids is 1. The molecule has 1 aliphatic carbocycles. The number of carboxylic acid groups (broad SMARTS) is 1. The maximum atomic E-state index is 11.1. The number of anilines is 1. The Labute approximate surface area is 164 Å². The van der Waals surface area contributed by atoms with Gasteiger partial charge >= 0.3 is 5.97 Å². The lowest BCUT2D eigenvalue weighted by Crippen LogP contribution is -2.29. The molecule has 142 valence electrons. The van der Waals surface area contributed by atoms with Gasteiger partial charge in [-0.05, 0) is 31.2 Å². The molecule has 0 bridgehead atoms. The molecule has 0 unspecified atom stereocenters. The van der Waals surface area contributed by atoms with Crippen molar-refractivity contribution in [3.63, 3.8) is 0 Å². The zero-order chi connectivity index (χ0) is 19.3. The van der Waals surface area contributed by atoms with Crippen molar-refractivity contribution < 1.29 is 9.90 Å². The first-order valence-corrected chi connectivity index (χ1v) is 9.68. The van der Waals surface area contributed by atoms with Crippen molar-refractivity contribution in [2.24, 2.45) is 5.92 Å². The normalized spacial score (nSPS) is 19.1. The Morgan fingerprint density at radius 1 is 0.893 bits per heavy atom. The van der Waals surface area contributed by atoms with Crippen LogP contribution in [0.4, 0.5) is 5.95 Å². The molecule has 2 N–H and O–H groups in total. The van der Waals surface area contributed by atoms with E-state index in [1.165, 1.54) is 0 Å². The Kier molecular flexibility index (Phi) is 5.33. The molecule has 5 nitrogen and oxygen atoms in total. The quantitative estimate of drug-likeness (QED) is 0.668. The van der Waals surface area contributed by atoms with Gasteiger partial charge in [0, 0.05) is 23.4 Å². The summed E-state index contributed by atoms with van der Waals surface area (Å²) in [6.07, 6.45) is 4.90. The van der Waals surface area contributed by atoms with Gasteiger partial charge < -0.3 is 10.4 Å². The van der Waals surface area contributed by atoms with Crippen molar-refractivity contribution in [2.45, 2.75) is 31.7 Å². The fourth-order valence-corrected chi connectivity index (χ4v) is 3.76. The van der Waals surface area contributed by atoms with Crippen molar-refractivity contribution >= 4 is 11.9 Å². The number of aromatic nitrogens is 2. The van der Waals surface area contributed by atoms with Crippen molar-refractivity contribution in [3.05, 3.63) is 66.9 Å². The average Bonchev–Trinajstić information content (AvgIpc) is 2.75. The van der Waals surface area contributed by atoms with Crippen LogP contribution in [0.3, 0.4) is 0 Å². The zero-order valence-corrected chi connectivity index (χ0v) is 15.6. The third-order valence-corrected chi connectivity index (χ3v) is 5.33. The van der Waals surface area contributed by atoms with Crippen molar-refractivity contribution in [2.75, 3.05) is 5.32 Å². The van der Waals surface area contributed by atoms with Crippen LogP contribution in [0.2, 0.25) is 0 Å². The molecule has 0 atom stereocenters. The van der Waals surface area contributed by atoms with E-state index >= 15 is 0 Å². The van der Waals surface area contributed by atoms with Crippen molar-refractivity contribution in [1.29, 1.82) is 0 Å². The maximum Gasteiger partial charge on any atom is 0.306 e. The fourth-order valence-electron chi connectivity index (χ4n) is 3.76. The van der Waals surface area contributed by atoms with Crippen molar-refractivity contribution in [1.82, 2.24) is 9.97 Å². The highest BCUT2D eigenvalue weighted by molar-refractivity contribution is 5.80. The summed E-state index contributed by atoms with van der Waals surface area (Å²) in [5.74, 6) is -0.315. The highest BCUT2D eigenvalue weighted by atomic mass is 16.4. The van der Waals surface area contributed by atoms with Gasteiger partial charge in [0.25, 0.3) is 0 Å². The van der Waals surface area contributed by atoms with Gasteiger partial charge in [0.2, 0.25) is 5.95 Å². The molecule has 0 saturated heterocycles. The van der Waals surface area contributed by atoms with Crippen LogP contribution in [0.1, 0.15) is 25.7 Å². The minimum absolute atomic E-state index is 0.210. The number of aliphatic carboxylic acids is 1. The third kappa shape index (κ3) is 4.03. The summed E-state index contributed by atoms with van der Waals surface area (Å²) >= 11 is 0. The van der Waals surface area contributed by atoms with Gasteiger partial charge in [0.05, 0.1) is 11.6 Å². The second kappa shape index (κ2) is 8.21. The van der Waals surface area contributed by atoms with Crippen LogP contribution in [-0.4, -0.2) is 27.1 Å². The summed E-state index contributed by atoms with van der Waals surface area (Å²) in [7, 11) is 0. The van der Waals surface area contributed by atoms with E-state index in [4.69, 9.17) is 4.98 Å². The van der Waals surface area contributed by atoms with E-state index < -0.39 is 5.97 Å². The van der Waals surface area contributed by atoms with Gasteiger partial charge in [-0.25, -0.2) is 9.97 Å². The molecule has 1 heterocycles. The summed E-state index contributed by atoms with van der Waals surface area (Å²) in [6, 6.07) is 20.5. The monoisotopic (exact) mass is 373 g/mol. The van der Waals surface area contributed by atoms with E-state index in [1.54, 1.807) is 0 Å². The minimum Gasteiger partial charge on any atom is -0.481 e. The Morgan fingerprint density at radius 2 is 1.50 bits per heavy atom. The van der Waals surface area contributed by atoms with Gasteiger partial charge in [-0.15, -0.1) is 0 Å². The second-order valence-electron chi connectivity index (χ2n) is 7.22. The van der Waals surface area contributed by atoms with Gasteiger partial charge in [0.15, 0.2) is 0 Å². The molecule has 4 rings (SSSR count). The Hall–Kier alpha value is -3.21. The molecular formula is C23H23N3O2.